The van der Waals surface area contributed by atoms with Crippen molar-refractivity contribution in [1.82, 2.24) is 0 Å². The fraction of sp³-hybridized carbons (Fsp3) is 0.793. The molecule has 2 unspecified atom stereocenters. The molecule has 9 heteroatoms. The Labute approximate surface area is 224 Å². The highest BCUT2D eigenvalue weighted by atomic mass is 16.8. The maximum Gasteiger partial charge on any atom is 0.184 e. The molecule has 4 aliphatic heterocycles. The van der Waals surface area contributed by atoms with E-state index in [1.165, 1.54) is 0 Å². The van der Waals surface area contributed by atoms with Crippen LogP contribution in [0.5, 0.6) is 0 Å². The molecule has 0 aromatic heterocycles. The van der Waals surface area contributed by atoms with Gasteiger partial charge in [0.25, 0.3) is 0 Å². The van der Waals surface area contributed by atoms with Crippen LogP contribution in [0.4, 0.5) is 0 Å². The van der Waals surface area contributed by atoms with Gasteiger partial charge in [-0.05, 0) is 60.3 Å². The highest BCUT2D eigenvalue weighted by Gasteiger charge is 2.59. The summed E-state index contributed by atoms with van der Waals surface area (Å²) >= 11 is 0. The number of fused-ring (bicyclic) bond motifs is 1. The van der Waals surface area contributed by atoms with E-state index in [2.05, 4.69) is 0 Å². The van der Waals surface area contributed by atoms with Crippen molar-refractivity contribution in [1.29, 1.82) is 0 Å². The Kier molecular flexibility index (Phi) is 6.94. The molecule has 4 heterocycles. The van der Waals surface area contributed by atoms with Crippen molar-refractivity contribution in [3.63, 3.8) is 0 Å². The van der Waals surface area contributed by atoms with Crippen molar-refractivity contribution in [3.05, 3.63) is 35.9 Å². The number of ether oxygens (including phenoxy) is 8. The largest absolute Gasteiger partial charge is 0.388 e. The fourth-order valence-corrected chi connectivity index (χ4v) is 6.92. The first-order valence-corrected chi connectivity index (χ1v) is 13.9. The van der Waals surface area contributed by atoms with E-state index in [4.69, 9.17) is 37.9 Å². The molecule has 5 fully saturated rings. The lowest BCUT2D eigenvalue weighted by molar-refractivity contribution is -0.311. The highest BCUT2D eigenvalue weighted by molar-refractivity contribution is 5.17. The van der Waals surface area contributed by atoms with Crippen LogP contribution in [0.25, 0.3) is 0 Å². The molecular weight excluding hydrogens is 492 g/mol. The van der Waals surface area contributed by atoms with Crippen LogP contribution in [-0.4, -0.2) is 78.4 Å². The molecule has 4 saturated heterocycles. The van der Waals surface area contributed by atoms with Crippen molar-refractivity contribution in [2.75, 3.05) is 13.2 Å². The molecule has 38 heavy (non-hydrogen) atoms. The lowest BCUT2D eigenvalue weighted by atomic mass is 9.83. The average molecular weight is 535 g/mol. The lowest BCUT2D eigenvalue weighted by Gasteiger charge is -2.43. The van der Waals surface area contributed by atoms with E-state index in [1.807, 2.05) is 71.9 Å². The summed E-state index contributed by atoms with van der Waals surface area (Å²) in [6, 6.07) is 9.83. The summed E-state index contributed by atoms with van der Waals surface area (Å²) < 4.78 is 49.8. The smallest absolute Gasteiger partial charge is 0.184 e. The first kappa shape index (κ1) is 27.1. The van der Waals surface area contributed by atoms with E-state index in [1.54, 1.807) is 0 Å². The Bertz CT molecular complexity index is 982. The second-order valence-electron chi connectivity index (χ2n) is 12.7. The Hall–Kier alpha value is -1.14. The number of aliphatic hydroxyl groups excluding tert-OH is 1. The quantitative estimate of drug-likeness (QED) is 0.607. The van der Waals surface area contributed by atoms with Gasteiger partial charge < -0.3 is 43.0 Å². The molecule has 1 saturated carbocycles. The van der Waals surface area contributed by atoms with Crippen molar-refractivity contribution in [2.45, 2.75) is 121 Å². The molecule has 9 nitrogen and oxygen atoms in total. The molecule has 10 atom stereocenters. The number of hydrogen-bond donors (Lipinski definition) is 1. The molecule has 1 aliphatic carbocycles. The highest BCUT2D eigenvalue weighted by Crippen LogP contribution is 2.51. The van der Waals surface area contributed by atoms with Gasteiger partial charge in [0, 0.05) is 11.5 Å². The Morgan fingerprint density at radius 2 is 1.37 bits per heavy atom. The van der Waals surface area contributed by atoms with E-state index >= 15 is 0 Å². The maximum atomic E-state index is 11.6. The third-order valence-corrected chi connectivity index (χ3v) is 8.44. The molecule has 1 aromatic rings. The van der Waals surface area contributed by atoms with Gasteiger partial charge in [-0.1, -0.05) is 30.3 Å². The minimum Gasteiger partial charge on any atom is -0.388 e. The van der Waals surface area contributed by atoms with Gasteiger partial charge in [-0.3, -0.25) is 0 Å². The zero-order valence-electron chi connectivity index (χ0n) is 23.2. The molecule has 0 bridgehead atoms. The maximum absolute atomic E-state index is 11.6. The van der Waals surface area contributed by atoms with Crippen LogP contribution in [-0.2, 0) is 37.9 Å². The molecule has 6 rings (SSSR count). The molecule has 212 valence electrons. The lowest BCUT2D eigenvalue weighted by Crippen LogP contribution is -2.54. The van der Waals surface area contributed by atoms with Crippen LogP contribution in [0, 0.1) is 11.8 Å². The van der Waals surface area contributed by atoms with Gasteiger partial charge in [-0.25, -0.2) is 0 Å². The van der Waals surface area contributed by atoms with Gasteiger partial charge in [0.15, 0.2) is 23.7 Å². The normalized spacial score (nSPS) is 45.3. The monoisotopic (exact) mass is 534 g/mol. The predicted octanol–water partition coefficient (Wildman–Crippen LogP) is 3.68. The van der Waals surface area contributed by atoms with Crippen LogP contribution in [0.1, 0.15) is 66.2 Å². The van der Waals surface area contributed by atoms with Crippen LogP contribution >= 0.6 is 0 Å². The third-order valence-electron chi connectivity index (χ3n) is 8.44. The molecule has 1 aromatic carbocycles. The van der Waals surface area contributed by atoms with E-state index < -0.39 is 48.1 Å². The second kappa shape index (κ2) is 9.75. The zero-order chi connectivity index (χ0) is 26.9. The molecular formula is C29H42O9. The van der Waals surface area contributed by atoms with E-state index in [9.17, 15) is 5.11 Å². The zero-order valence-corrected chi connectivity index (χ0v) is 23.2. The van der Waals surface area contributed by atoms with Gasteiger partial charge in [0.2, 0.25) is 0 Å². The molecule has 1 N–H and O–H groups in total. The van der Waals surface area contributed by atoms with E-state index in [0.717, 1.165) is 12.0 Å². The van der Waals surface area contributed by atoms with Crippen molar-refractivity contribution in [2.24, 2.45) is 11.8 Å². The minimum atomic E-state index is -0.894. The van der Waals surface area contributed by atoms with Crippen molar-refractivity contribution < 1.29 is 43.0 Å². The summed E-state index contributed by atoms with van der Waals surface area (Å²) in [4.78, 5) is 0. The minimum absolute atomic E-state index is 0.0424. The summed E-state index contributed by atoms with van der Waals surface area (Å²) in [6.07, 6.45) is -1.90. The summed E-state index contributed by atoms with van der Waals surface area (Å²) in [5.74, 6) is -1.84. The predicted molar refractivity (Wildman–Crippen MR) is 135 cm³/mol. The molecule has 0 spiro atoms. The Morgan fingerprint density at radius 3 is 2.00 bits per heavy atom. The summed E-state index contributed by atoms with van der Waals surface area (Å²) in [5.41, 5.74) is 0.898. The van der Waals surface area contributed by atoms with E-state index in [0.29, 0.717) is 19.6 Å². The SMILES string of the molecule is CC1(C)OC[C@H]([C@H]2OC(c3ccccc3)O[C@@H](CC3C[C@H]4OC(C)(C)O[C@H]4[C@@H]3[C@H]3COC(C)(C)O3)[C@H]2O)O1. The summed E-state index contributed by atoms with van der Waals surface area (Å²) in [6.45, 7) is 12.4. The average Bonchev–Trinajstić information content (AvgIpc) is 3.55. The Balaban J connectivity index is 1.25. The summed E-state index contributed by atoms with van der Waals surface area (Å²) in [7, 11) is 0. The van der Waals surface area contributed by atoms with E-state index in [-0.39, 0.29) is 30.1 Å². The van der Waals surface area contributed by atoms with Crippen LogP contribution in [0.3, 0.4) is 0 Å². The first-order chi connectivity index (χ1) is 17.9. The van der Waals surface area contributed by atoms with Crippen molar-refractivity contribution >= 4 is 0 Å². The van der Waals surface area contributed by atoms with Gasteiger partial charge in [-0.2, -0.15) is 0 Å². The van der Waals surface area contributed by atoms with Gasteiger partial charge in [0.05, 0.1) is 37.6 Å². The molecule has 0 amide bonds. The van der Waals surface area contributed by atoms with Crippen LogP contribution in [0.15, 0.2) is 30.3 Å². The second-order valence-corrected chi connectivity index (χ2v) is 12.7. The first-order valence-electron chi connectivity index (χ1n) is 13.9. The van der Waals surface area contributed by atoms with Gasteiger partial charge >= 0.3 is 0 Å². The topological polar surface area (TPSA) is 94.1 Å². The standard InChI is InChI=1S/C29H42O9/c1-27(2)31-14-20(36-27)22-17(13-19-24(22)38-29(5,6)35-19)12-18-23(30)25(21-15-32-28(3,4)37-21)34-26(33-18)16-10-8-7-9-11-16/h7-11,17-26,30H,12-15H2,1-6H3/t17?,18-,19+,20+,21+,22-,23+,24+,25+,26?/m0/s1. The van der Waals surface area contributed by atoms with Crippen LogP contribution in [0.2, 0.25) is 0 Å². The number of aliphatic hydroxyl groups is 1. The molecule has 0 radical (unpaired) electrons. The fourth-order valence-electron chi connectivity index (χ4n) is 6.92. The third kappa shape index (κ3) is 5.30. The van der Waals surface area contributed by atoms with Gasteiger partial charge in [0.1, 0.15) is 18.3 Å². The Morgan fingerprint density at radius 1 is 0.737 bits per heavy atom. The molecule has 5 aliphatic rings. The number of benzene rings is 1. The number of hydrogen-bond acceptors (Lipinski definition) is 9. The summed E-state index contributed by atoms with van der Waals surface area (Å²) in [5, 5.41) is 11.6. The van der Waals surface area contributed by atoms with Crippen molar-refractivity contribution in [3.8, 4) is 0 Å². The number of rotatable bonds is 5. The van der Waals surface area contributed by atoms with Crippen LogP contribution < -0.4 is 0 Å². The van der Waals surface area contributed by atoms with Gasteiger partial charge in [-0.15, -0.1) is 0 Å².